The Morgan fingerprint density at radius 1 is 1.30 bits per heavy atom. The Bertz CT molecular complexity index is 519. The maximum atomic E-state index is 12.9. The van der Waals surface area contributed by atoms with Crippen LogP contribution in [0.25, 0.3) is 0 Å². The van der Waals surface area contributed by atoms with Gasteiger partial charge >= 0.3 is 12.1 Å². The minimum absolute atomic E-state index is 0.173. The standard InChI is InChI=1S/C11H8BrF4NO3/c12-8-2-1-6(13)3-7(8)10(19)20-4-9(18)17-5-11(14,15)16/h1-3H,4-5H2,(H,17,18). The highest BCUT2D eigenvalue weighted by Crippen LogP contribution is 2.18. The molecule has 0 heterocycles. The number of carbonyl (C=O) groups is 2. The highest BCUT2D eigenvalue weighted by molar-refractivity contribution is 9.10. The molecule has 0 atom stereocenters. The zero-order valence-electron chi connectivity index (χ0n) is 9.76. The molecule has 0 aliphatic rings. The number of halogens is 5. The van der Waals surface area contributed by atoms with E-state index in [2.05, 4.69) is 20.7 Å². The van der Waals surface area contributed by atoms with Gasteiger partial charge in [0.2, 0.25) is 0 Å². The van der Waals surface area contributed by atoms with Gasteiger partial charge in [0.25, 0.3) is 5.91 Å². The van der Waals surface area contributed by atoms with Crippen molar-refractivity contribution in [2.75, 3.05) is 13.2 Å². The molecule has 20 heavy (non-hydrogen) atoms. The first kappa shape index (κ1) is 16.4. The first-order valence-electron chi connectivity index (χ1n) is 5.14. The van der Waals surface area contributed by atoms with E-state index in [4.69, 9.17) is 0 Å². The summed E-state index contributed by atoms with van der Waals surface area (Å²) in [4.78, 5) is 22.5. The molecule has 0 bridgehead atoms. The van der Waals surface area contributed by atoms with Gasteiger partial charge in [0.15, 0.2) is 6.61 Å². The third kappa shape index (κ3) is 5.55. The Morgan fingerprint density at radius 2 is 1.95 bits per heavy atom. The van der Waals surface area contributed by atoms with Crippen LogP contribution in [0.3, 0.4) is 0 Å². The van der Waals surface area contributed by atoms with Gasteiger partial charge in [0.1, 0.15) is 12.4 Å². The van der Waals surface area contributed by atoms with Gasteiger partial charge in [-0.05, 0) is 34.1 Å². The van der Waals surface area contributed by atoms with Gasteiger partial charge in [-0.15, -0.1) is 0 Å². The average molecular weight is 358 g/mol. The number of rotatable bonds is 4. The predicted molar refractivity (Wildman–Crippen MR) is 63.4 cm³/mol. The monoisotopic (exact) mass is 357 g/mol. The molecular weight excluding hydrogens is 350 g/mol. The maximum Gasteiger partial charge on any atom is 0.405 e. The predicted octanol–water partition coefficient (Wildman–Crippen LogP) is 2.42. The summed E-state index contributed by atoms with van der Waals surface area (Å²) in [6.07, 6.45) is -4.55. The molecule has 1 amide bonds. The number of carbonyl (C=O) groups excluding carboxylic acids is 2. The van der Waals surface area contributed by atoms with Gasteiger partial charge in [-0.2, -0.15) is 13.2 Å². The van der Waals surface area contributed by atoms with Crippen LogP contribution >= 0.6 is 15.9 Å². The Kier molecular flexibility index (Phi) is 5.49. The van der Waals surface area contributed by atoms with Crippen molar-refractivity contribution < 1.29 is 31.9 Å². The van der Waals surface area contributed by atoms with Gasteiger partial charge in [-0.1, -0.05) is 0 Å². The third-order valence-electron chi connectivity index (χ3n) is 1.97. The van der Waals surface area contributed by atoms with Crippen molar-refractivity contribution in [1.82, 2.24) is 5.32 Å². The molecule has 0 saturated heterocycles. The van der Waals surface area contributed by atoms with Gasteiger partial charge in [-0.3, -0.25) is 4.79 Å². The summed E-state index contributed by atoms with van der Waals surface area (Å²) in [7, 11) is 0. The molecule has 0 spiro atoms. The topological polar surface area (TPSA) is 55.4 Å². The summed E-state index contributed by atoms with van der Waals surface area (Å²) in [6, 6.07) is 3.23. The third-order valence-corrected chi connectivity index (χ3v) is 2.66. The summed E-state index contributed by atoms with van der Waals surface area (Å²) in [5.41, 5.74) is -0.173. The second-order valence-electron chi connectivity index (χ2n) is 3.59. The number of hydrogen-bond donors (Lipinski definition) is 1. The fourth-order valence-corrected chi connectivity index (χ4v) is 1.52. The van der Waals surface area contributed by atoms with Gasteiger partial charge in [0.05, 0.1) is 5.56 Å². The van der Waals surface area contributed by atoms with Gasteiger partial charge in [-0.25, -0.2) is 9.18 Å². The number of esters is 1. The lowest BCUT2D eigenvalue weighted by molar-refractivity contribution is -0.140. The molecule has 110 valence electrons. The fourth-order valence-electron chi connectivity index (χ4n) is 1.11. The number of hydrogen-bond acceptors (Lipinski definition) is 3. The van der Waals surface area contributed by atoms with E-state index in [1.54, 1.807) is 0 Å². The SMILES string of the molecule is O=C(COC(=O)c1cc(F)ccc1Br)NCC(F)(F)F. The fraction of sp³-hybridized carbons (Fsp3) is 0.273. The molecule has 0 aromatic heterocycles. The van der Waals surface area contributed by atoms with Crippen molar-refractivity contribution in [3.05, 3.63) is 34.1 Å². The van der Waals surface area contributed by atoms with E-state index in [0.29, 0.717) is 0 Å². The van der Waals surface area contributed by atoms with Crippen molar-refractivity contribution in [2.24, 2.45) is 0 Å². The number of nitrogens with one attached hydrogen (secondary N) is 1. The van der Waals surface area contributed by atoms with Crippen LogP contribution in [0.15, 0.2) is 22.7 Å². The molecule has 0 saturated carbocycles. The Balaban J connectivity index is 2.51. The number of ether oxygens (including phenoxy) is 1. The lowest BCUT2D eigenvalue weighted by Crippen LogP contribution is -2.36. The molecule has 1 rings (SSSR count). The second-order valence-corrected chi connectivity index (χ2v) is 4.45. The first-order chi connectivity index (χ1) is 9.19. The molecule has 1 aromatic rings. The molecule has 0 unspecified atom stereocenters. The van der Waals surface area contributed by atoms with E-state index in [9.17, 15) is 27.2 Å². The van der Waals surface area contributed by atoms with Crippen LogP contribution in [0.1, 0.15) is 10.4 Å². The molecular formula is C11H8BrF4NO3. The van der Waals surface area contributed by atoms with Crippen molar-refractivity contribution in [1.29, 1.82) is 0 Å². The lowest BCUT2D eigenvalue weighted by atomic mass is 10.2. The minimum Gasteiger partial charge on any atom is -0.452 e. The van der Waals surface area contributed by atoms with E-state index >= 15 is 0 Å². The van der Waals surface area contributed by atoms with Crippen LogP contribution in [0.4, 0.5) is 17.6 Å². The molecule has 0 fully saturated rings. The highest BCUT2D eigenvalue weighted by Gasteiger charge is 2.27. The van der Waals surface area contributed by atoms with E-state index in [1.165, 1.54) is 11.4 Å². The minimum atomic E-state index is -4.55. The Hall–Kier alpha value is -1.64. The first-order valence-corrected chi connectivity index (χ1v) is 5.94. The zero-order valence-corrected chi connectivity index (χ0v) is 11.3. The summed E-state index contributed by atoms with van der Waals surface area (Å²) in [5.74, 6) is -2.83. The van der Waals surface area contributed by atoms with Crippen LogP contribution in [-0.4, -0.2) is 31.2 Å². The molecule has 0 aliphatic carbocycles. The van der Waals surface area contributed by atoms with Crippen LogP contribution in [0.2, 0.25) is 0 Å². The van der Waals surface area contributed by atoms with E-state index < -0.39 is 37.0 Å². The summed E-state index contributed by atoms with van der Waals surface area (Å²) < 4.78 is 53.1. The molecule has 0 radical (unpaired) electrons. The lowest BCUT2D eigenvalue weighted by Gasteiger charge is -2.09. The van der Waals surface area contributed by atoms with Crippen molar-refractivity contribution in [2.45, 2.75) is 6.18 Å². The van der Waals surface area contributed by atoms with Crippen LogP contribution < -0.4 is 5.32 Å². The highest BCUT2D eigenvalue weighted by atomic mass is 79.9. The van der Waals surface area contributed by atoms with Crippen LogP contribution in [0, 0.1) is 5.82 Å². The Labute approximate surface area is 119 Å². The molecule has 9 heteroatoms. The molecule has 1 N–H and O–H groups in total. The maximum absolute atomic E-state index is 12.9. The van der Waals surface area contributed by atoms with Crippen molar-refractivity contribution >= 4 is 27.8 Å². The zero-order chi connectivity index (χ0) is 15.3. The number of benzene rings is 1. The van der Waals surface area contributed by atoms with E-state index in [1.807, 2.05) is 0 Å². The summed E-state index contributed by atoms with van der Waals surface area (Å²) in [5, 5.41) is 1.53. The van der Waals surface area contributed by atoms with Crippen LogP contribution in [0.5, 0.6) is 0 Å². The summed E-state index contributed by atoms with van der Waals surface area (Å²) in [6.45, 7) is -2.41. The normalized spacial score (nSPS) is 11.1. The molecule has 0 aliphatic heterocycles. The Morgan fingerprint density at radius 3 is 2.55 bits per heavy atom. The molecule has 1 aromatic carbocycles. The van der Waals surface area contributed by atoms with Crippen molar-refractivity contribution in [3.8, 4) is 0 Å². The second kappa shape index (κ2) is 6.69. The molecule has 4 nitrogen and oxygen atoms in total. The van der Waals surface area contributed by atoms with Crippen LogP contribution in [-0.2, 0) is 9.53 Å². The van der Waals surface area contributed by atoms with E-state index in [0.717, 1.165) is 12.1 Å². The average Bonchev–Trinajstić information content (AvgIpc) is 2.35. The smallest absolute Gasteiger partial charge is 0.405 e. The number of alkyl halides is 3. The largest absolute Gasteiger partial charge is 0.452 e. The quantitative estimate of drug-likeness (QED) is 0.665. The van der Waals surface area contributed by atoms with Crippen molar-refractivity contribution in [3.63, 3.8) is 0 Å². The summed E-state index contributed by atoms with van der Waals surface area (Å²) >= 11 is 2.98. The van der Waals surface area contributed by atoms with Gasteiger partial charge < -0.3 is 10.1 Å². The van der Waals surface area contributed by atoms with E-state index in [-0.39, 0.29) is 10.0 Å². The number of amides is 1. The van der Waals surface area contributed by atoms with Gasteiger partial charge in [0, 0.05) is 4.47 Å².